The fourth-order valence-electron chi connectivity index (χ4n) is 3.82. The van der Waals surface area contributed by atoms with Gasteiger partial charge in [0.05, 0.1) is 26.9 Å². The van der Waals surface area contributed by atoms with Crippen LogP contribution in [-0.2, 0) is 13.2 Å². The molecule has 8 heteroatoms. The van der Waals surface area contributed by atoms with E-state index in [-0.39, 0.29) is 24.7 Å². The van der Waals surface area contributed by atoms with Crippen molar-refractivity contribution in [1.29, 1.82) is 0 Å². The lowest BCUT2D eigenvalue weighted by Crippen LogP contribution is -2.05. The monoisotopic (exact) mass is 570 g/mol. The summed E-state index contributed by atoms with van der Waals surface area (Å²) in [5.41, 5.74) is 3.48. The molecule has 0 saturated heterocycles. The lowest BCUT2D eigenvalue weighted by atomic mass is 10.0. The predicted molar refractivity (Wildman–Crippen MR) is 152 cm³/mol. The number of hydrogen-bond acceptors (Lipinski definition) is 4. The number of carboxylic acid groups (broad SMARTS) is 1. The number of rotatable bonds is 10. The van der Waals surface area contributed by atoms with Crippen molar-refractivity contribution in [3.8, 4) is 11.5 Å². The highest BCUT2D eigenvalue weighted by atomic mass is 35.5. The van der Waals surface area contributed by atoms with Gasteiger partial charge < -0.3 is 19.0 Å². The molecular weight excluding hydrogens is 547 g/mol. The molecule has 4 aromatic rings. The van der Waals surface area contributed by atoms with Crippen molar-refractivity contribution >= 4 is 52.9 Å². The minimum absolute atomic E-state index is 0.141. The van der Waals surface area contributed by atoms with Crippen LogP contribution in [0, 0.1) is 0 Å². The van der Waals surface area contributed by atoms with Crippen molar-refractivity contribution < 1.29 is 23.8 Å². The summed E-state index contributed by atoms with van der Waals surface area (Å²) in [6.07, 6.45) is 5.31. The van der Waals surface area contributed by atoms with Gasteiger partial charge in [0.25, 0.3) is 0 Å². The Labute approximate surface area is 236 Å². The molecule has 1 heterocycles. The van der Waals surface area contributed by atoms with E-state index in [2.05, 4.69) is 0 Å². The Kier molecular flexibility index (Phi) is 9.05. The molecule has 4 rings (SSSR count). The molecule has 0 unspecified atom stereocenters. The molecule has 196 valence electrons. The molecule has 1 aromatic heterocycles. The normalized spacial score (nSPS) is 11.3. The number of hydrogen-bond donors (Lipinski definition) is 1. The molecule has 0 aliphatic carbocycles. The highest BCUT2D eigenvalue weighted by Gasteiger charge is 2.19. The molecule has 0 fully saturated rings. The van der Waals surface area contributed by atoms with Crippen LogP contribution >= 0.6 is 34.8 Å². The maximum absolute atomic E-state index is 11.2. The average Bonchev–Trinajstić information content (AvgIpc) is 3.30. The fourth-order valence-corrected chi connectivity index (χ4v) is 4.56. The molecule has 38 heavy (non-hydrogen) atoms. The van der Waals surface area contributed by atoms with Gasteiger partial charge in [-0.25, -0.2) is 4.79 Å². The molecular formula is C30H25Cl3O5. The number of aromatic carboxylic acids is 1. The Morgan fingerprint density at radius 1 is 0.921 bits per heavy atom. The van der Waals surface area contributed by atoms with E-state index in [1.165, 1.54) is 0 Å². The highest BCUT2D eigenvalue weighted by Crippen LogP contribution is 2.34. The molecule has 3 aromatic carbocycles. The van der Waals surface area contributed by atoms with Crippen LogP contribution in [0.15, 0.2) is 71.3 Å². The number of ether oxygens (including phenoxy) is 2. The molecule has 0 spiro atoms. The number of furan rings is 1. The van der Waals surface area contributed by atoms with Gasteiger partial charge in [-0.2, -0.15) is 0 Å². The lowest BCUT2D eigenvalue weighted by molar-refractivity contribution is 0.0697. The average molecular weight is 572 g/mol. The Morgan fingerprint density at radius 3 is 2.34 bits per heavy atom. The summed E-state index contributed by atoms with van der Waals surface area (Å²) in [7, 11) is 0. The van der Waals surface area contributed by atoms with Crippen LogP contribution < -0.4 is 9.47 Å². The summed E-state index contributed by atoms with van der Waals surface area (Å²) in [6.45, 7) is 4.56. The Morgan fingerprint density at radius 2 is 1.66 bits per heavy atom. The largest absolute Gasteiger partial charge is 0.489 e. The van der Waals surface area contributed by atoms with E-state index in [1.54, 1.807) is 48.7 Å². The van der Waals surface area contributed by atoms with Crippen LogP contribution in [0.2, 0.25) is 15.1 Å². The summed E-state index contributed by atoms with van der Waals surface area (Å²) in [6, 6.07) is 17.3. The third-order valence-corrected chi connectivity index (χ3v) is 6.70. The fraction of sp³-hybridized carbons (Fsp3) is 0.167. The van der Waals surface area contributed by atoms with Crippen LogP contribution in [-0.4, -0.2) is 11.1 Å². The zero-order valence-corrected chi connectivity index (χ0v) is 23.0. The minimum atomic E-state index is -0.972. The first-order chi connectivity index (χ1) is 18.2. The molecule has 0 amide bonds. The third-order valence-electron chi connectivity index (χ3n) is 5.77. The SMILES string of the molecule is CC(C)c1occ(COc2c(Cl)cccc2Cl)c1COc1ccc(/C=C/c2cccc(C(=O)O)c2)c(Cl)c1. The summed E-state index contributed by atoms with van der Waals surface area (Å²) >= 11 is 19.0. The van der Waals surface area contributed by atoms with E-state index in [1.807, 2.05) is 44.2 Å². The van der Waals surface area contributed by atoms with Crippen molar-refractivity contribution in [1.82, 2.24) is 0 Å². The number of para-hydroxylation sites is 1. The van der Waals surface area contributed by atoms with E-state index < -0.39 is 5.97 Å². The van der Waals surface area contributed by atoms with Gasteiger partial charge in [-0.3, -0.25) is 0 Å². The molecule has 0 saturated carbocycles. The molecule has 0 bridgehead atoms. The van der Waals surface area contributed by atoms with E-state index in [0.29, 0.717) is 26.6 Å². The number of halogens is 3. The second-order valence-electron chi connectivity index (χ2n) is 8.83. The van der Waals surface area contributed by atoms with Crippen LogP contribution in [0.1, 0.15) is 58.1 Å². The Hall–Kier alpha value is -3.38. The zero-order valence-electron chi connectivity index (χ0n) is 20.7. The maximum Gasteiger partial charge on any atom is 0.335 e. The first kappa shape index (κ1) is 27.6. The molecule has 0 aliphatic rings. The number of benzene rings is 3. The van der Waals surface area contributed by atoms with Crippen molar-refractivity contribution in [2.75, 3.05) is 0 Å². The van der Waals surface area contributed by atoms with Crippen LogP contribution in [0.25, 0.3) is 12.2 Å². The zero-order chi connectivity index (χ0) is 27.2. The molecule has 5 nitrogen and oxygen atoms in total. The Balaban J connectivity index is 1.47. The van der Waals surface area contributed by atoms with Crippen LogP contribution in [0.3, 0.4) is 0 Å². The summed E-state index contributed by atoms with van der Waals surface area (Å²) in [5, 5.41) is 10.5. The van der Waals surface area contributed by atoms with Crippen molar-refractivity contribution in [2.45, 2.75) is 33.0 Å². The van der Waals surface area contributed by atoms with E-state index in [9.17, 15) is 9.90 Å². The van der Waals surface area contributed by atoms with Crippen molar-refractivity contribution in [3.63, 3.8) is 0 Å². The maximum atomic E-state index is 11.2. The van der Waals surface area contributed by atoms with E-state index in [4.69, 9.17) is 48.7 Å². The van der Waals surface area contributed by atoms with E-state index >= 15 is 0 Å². The topological polar surface area (TPSA) is 68.9 Å². The van der Waals surface area contributed by atoms with Crippen LogP contribution in [0.4, 0.5) is 0 Å². The summed E-state index contributed by atoms with van der Waals surface area (Å²) in [4.78, 5) is 11.2. The molecule has 0 atom stereocenters. The van der Waals surface area contributed by atoms with Gasteiger partial charge in [0.1, 0.15) is 24.7 Å². The first-order valence-corrected chi connectivity index (χ1v) is 13.0. The minimum Gasteiger partial charge on any atom is -0.489 e. The smallest absolute Gasteiger partial charge is 0.335 e. The second-order valence-corrected chi connectivity index (χ2v) is 10.1. The predicted octanol–water partition coefficient (Wildman–Crippen LogP) is 9.39. The molecule has 1 N–H and O–H groups in total. The van der Waals surface area contributed by atoms with Gasteiger partial charge in [0.2, 0.25) is 0 Å². The number of carboxylic acids is 1. The number of carbonyl (C=O) groups is 1. The molecule has 0 radical (unpaired) electrons. The Bertz CT molecular complexity index is 1450. The van der Waals surface area contributed by atoms with Gasteiger partial charge in [-0.15, -0.1) is 0 Å². The van der Waals surface area contributed by atoms with Crippen molar-refractivity contribution in [2.24, 2.45) is 0 Å². The van der Waals surface area contributed by atoms with Gasteiger partial charge >= 0.3 is 5.97 Å². The van der Waals surface area contributed by atoms with E-state index in [0.717, 1.165) is 28.0 Å². The first-order valence-electron chi connectivity index (χ1n) is 11.8. The lowest BCUT2D eigenvalue weighted by Gasteiger charge is -2.13. The van der Waals surface area contributed by atoms with Gasteiger partial charge in [-0.05, 0) is 53.6 Å². The van der Waals surface area contributed by atoms with Gasteiger partial charge in [-0.1, -0.05) is 79.0 Å². The standard InChI is InChI=1S/C30H25Cl3O5/c1-18(2)28-24(22(15-37-28)16-38-29-25(31)7-4-8-26(29)32)17-36-23-12-11-20(27(33)14-23)10-9-19-5-3-6-21(13-19)30(34)35/h3-15,18H,16-17H2,1-2H3,(H,34,35)/b10-9+. The second kappa shape index (κ2) is 12.4. The summed E-state index contributed by atoms with van der Waals surface area (Å²) in [5.74, 6) is 0.988. The molecule has 0 aliphatic heterocycles. The highest BCUT2D eigenvalue weighted by molar-refractivity contribution is 6.37. The van der Waals surface area contributed by atoms with Crippen molar-refractivity contribution in [3.05, 3.63) is 116 Å². The van der Waals surface area contributed by atoms with Crippen LogP contribution in [0.5, 0.6) is 11.5 Å². The van der Waals surface area contributed by atoms with Gasteiger partial charge in [0.15, 0.2) is 5.75 Å². The quantitative estimate of drug-likeness (QED) is 0.192. The van der Waals surface area contributed by atoms with Gasteiger partial charge in [0, 0.05) is 17.0 Å². The third kappa shape index (κ3) is 6.73. The summed E-state index contributed by atoms with van der Waals surface area (Å²) < 4.78 is 17.8.